The van der Waals surface area contributed by atoms with E-state index in [9.17, 15) is 0 Å². The van der Waals surface area contributed by atoms with Crippen molar-refractivity contribution in [3.05, 3.63) is 0 Å². The van der Waals surface area contributed by atoms with Gasteiger partial charge < -0.3 is 10.6 Å². The molecule has 0 saturated carbocycles. The molecule has 2 heterocycles. The molecule has 0 bridgehead atoms. The van der Waals surface area contributed by atoms with Crippen LogP contribution in [-0.2, 0) is 0 Å². The highest BCUT2D eigenvalue weighted by atomic mass is 32.2. The molecular weight excluding hydrogens is 168 g/mol. The van der Waals surface area contributed by atoms with E-state index in [1.807, 2.05) is 0 Å². The summed E-state index contributed by atoms with van der Waals surface area (Å²) < 4.78 is 0. The molecule has 0 spiro atoms. The minimum Gasteiger partial charge on any atom is -0.317 e. The van der Waals surface area contributed by atoms with Crippen LogP contribution in [0.1, 0.15) is 19.3 Å². The van der Waals surface area contributed by atoms with Crippen molar-refractivity contribution in [2.45, 2.75) is 31.3 Å². The van der Waals surface area contributed by atoms with Crippen LogP contribution in [0.2, 0.25) is 0 Å². The van der Waals surface area contributed by atoms with Gasteiger partial charge >= 0.3 is 0 Å². The summed E-state index contributed by atoms with van der Waals surface area (Å²) in [7, 11) is 0. The number of nitrogens with one attached hydrogen (secondary N) is 2. The molecule has 3 heteroatoms. The van der Waals surface area contributed by atoms with Gasteiger partial charge in [-0.25, -0.2) is 0 Å². The molecule has 2 aliphatic rings. The molecule has 0 aliphatic carbocycles. The molecule has 70 valence electrons. The van der Waals surface area contributed by atoms with E-state index in [1.165, 1.54) is 43.9 Å². The normalized spacial score (nSPS) is 32.5. The van der Waals surface area contributed by atoms with Crippen LogP contribution in [-0.4, -0.2) is 36.7 Å². The smallest absolute Gasteiger partial charge is 0.0168 e. The fourth-order valence-corrected chi connectivity index (χ4v) is 3.15. The van der Waals surface area contributed by atoms with Crippen LogP contribution < -0.4 is 10.6 Å². The fraction of sp³-hybridized carbons (Fsp3) is 1.00. The first kappa shape index (κ1) is 8.85. The molecule has 0 aromatic carbocycles. The van der Waals surface area contributed by atoms with E-state index < -0.39 is 0 Å². The Hall–Kier alpha value is 0.270. The molecular formula is C9H18N2S. The second-order valence-electron chi connectivity index (χ2n) is 3.75. The zero-order valence-electron chi connectivity index (χ0n) is 7.51. The number of piperidine rings is 1. The van der Waals surface area contributed by atoms with Crippen molar-refractivity contribution in [3.63, 3.8) is 0 Å². The molecule has 12 heavy (non-hydrogen) atoms. The summed E-state index contributed by atoms with van der Waals surface area (Å²) in [5.41, 5.74) is 0. The molecule has 0 radical (unpaired) electrons. The maximum absolute atomic E-state index is 3.76. The van der Waals surface area contributed by atoms with E-state index in [2.05, 4.69) is 22.4 Å². The third-order valence-corrected chi connectivity index (χ3v) is 3.90. The van der Waals surface area contributed by atoms with Crippen molar-refractivity contribution in [1.82, 2.24) is 10.6 Å². The summed E-state index contributed by atoms with van der Waals surface area (Å²) in [6.07, 6.45) is 4.02. The second-order valence-corrected chi connectivity index (χ2v) is 4.90. The van der Waals surface area contributed by atoms with Crippen LogP contribution in [0.3, 0.4) is 0 Å². The molecule has 1 unspecified atom stereocenters. The topological polar surface area (TPSA) is 24.1 Å². The van der Waals surface area contributed by atoms with E-state index in [4.69, 9.17) is 0 Å². The van der Waals surface area contributed by atoms with Gasteiger partial charge in [0.1, 0.15) is 0 Å². The third kappa shape index (κ3) is 2.38. The lowest BCUT2D eigenvalue weighted by molar-refractivity contribution is 0.358. The predicted octanol–water partition coefficient (Wildman–Crippen LogP) is 0.833. The van der Waals surface area contributed by atoms with E-state index in [-0.39, 0.29) is 0 Å². The highest BCUT2D eigenvalue weighted by Gasteiger charge is 2.20. The maximum atomic E-state index is 3.76. The average molecular weight is 186 g/mol. The van der Waals surface area contributed by atoms with Gasteiger partial charge in [0, 0.05) is 17.8 Å². The van der Waals surface area contributed by atoms with E-state index in [0.717, 1.165) is 12.1 Å². The quantitative estimate of drug-likeness (QED) is 0.668. The summed E-state index contributed by atoms with van der Waals surface area (Å²) in [6, 6.07) is 1.62. The number of thioether (sulfide) groups is 1. The highest BCUT2D eigenvalue weighted by molar-refractivity contribution is 7.99. The number of hydrogen-bond donors (Lipinski definition) is 2. The molecule has 2 aliphatic heterocycles. The van der Waals surface area contributed by atoms with Gasteiger partial charge in [0.25, 0.3) is 0 Å². The van der Waals surface area contributed by atoms with Crippen LogP contribution in [0.25, 0.3) is 0 Å². The van der Waals surface area contributed by atoms with Crippen LogP contribution in [0.5, 0.6) is 0 Å². The minimum absolute atomic E-state index is 0.801. The monoisotopic (exact) mass is 186 g/mol. The van der Waals surface area contributed by atoms with E-state index >= 15 is 0 Å². The van der Waals surface area contributed by atoms with E-state index in [0.29, 0.717) is 0 Å². The Kier molecular flexibility index (Phi) is 3.31. The Morgan fingerprint density at radius 3 is 2.58 bits per heavy atom. The van der Waals surface area contributed by atoms with Crippen LogP contribution in [0.4, 0.5) is 0 Å². The molecule has 1 atom stereocenters. The van der Waals surface area contributed by atoms with Gasteiger partial charge in [0.15, 0.2) is 0 Å². The Morgan fingerprint density at radius 2 is 1.92 bits per heavy atom. The van der Waals surface area contributed by atoms with Crippen LogP contribution in [0.15, 0.2) is 0 Å². The summed E-state index contributed by atoms with van der Waals surface area (Å²) in [5, 5.41) is 7.15. The summed E-state index contributed by atoms with van der Waals surface area (Å²) in [6.45, 7) is 2.41. The lowest BCUT2D eigenvalue weighted by Gasteiger charge is -2.26. The maximum Gasteiger partial charge on any atom is 0.0168 e. The molecule has 2 saturated heterocycles. The molecule has 2 rings (SSSR count). The van der Waals surface area contributed by atoms with Gasteiger partial charge in [-0.05, 0) is 38.1 Å². The standard InChI is InChI=1S/C9H18N2S/c1-4-10-5-2-8(1)11-9-3-6-12-7-9/h8-11H,1-7H2. The Labute approximate surface area is 78.9 Å². The van der Waals surface area contributed by atoms with Gasteiger partial charge in [-0.1, -0.05) is 0 Å². The largest absolute Gasteiger partial charge is 0.317 e. The van der Waals surface area contributed by atoms with Gasteiger partial charge in [0.05, 0.1) is 0 Å². The molecule has 0 aromatic heterocycles. The van der Waals surface area contributed by atoms with Crippen LogP contribution in [0, 0.1) is 0 Å². The fourth-order valence-electron chi connectivity index (χ4n) is 1.99. The Morgan fingerprint density at radius 1 is 1.08 bits per heavy atom. The van der Waals surface area contributed by atoms with Crippen molar-refractivity contribution >= 4 is 11.8 Å². The van der Waals surface area contributed by atoms with Crippen LogP contribution >= 0.6 is 11.8 Å². The number of hydrogen-bond acceptors (Lipinski definition) is 3. The van der Waals surface area contributed by atoms with Gasteiger partial charge in [-0.2, -0.15) is 11.8 Å². The molecule has 0 aromatic rings. The lowest BCUT2D eigenvalue weighted by atomic mass is 10.1. The zero-order valence-corrected chi connectivity index (χ0v) is 8.33. The number of rotatable bonds is 2. The molecule has 2 nitrogen and oxygen atoms in total. The minimum atomic E-state index is 0.801. The predicted molar refractivity (Wildman–Crippen MR) is 54.8 cm³/mol. The van der Waals surface area contributed by atoms with Gasteiger partial charge in [0.2, 0.25) is 0 Å². The zero-order chi connectivity index (χ0) is 8.23. The molecule has 0 amide bonds. The van der Waals surface area contributed by atoms with Gasteiger partial charge in [-0.15, -0.1) is 0 Å². The lowest BCUT2D eigenvalue weighted by Crippen LogP contribution is -2.44. The van der Waals surface area contributed by atoms with E-state index in [1.54, 1.807) is 0 Å². The third-order valence-electron chi connectivity index (χ3n) is 2.74. The van der Waals surface area contributed by atoms with Crippen molar-refractivity contribution in [1.29, 1.82) is 0 Å². The Balaban J connectivity index is 1.69. The highest BCUT2D eigenvalue weighted by Crippen LogP contribution is 2.18. The second kappa shape index (κ2) is 4.49. The SMILES string of the molecule is C1CC(NC2CCSC2)CCN1. The van der Waals surface area contributed by atoms with Crippen molar-refractivity contribution in [2.75, 3.05) is 24.6 Å². The first-order chi connectivity index (χ1) is 5.95. The molecule has 2 N–H and O–H groups in total. The first-order valence-corrected chi connectivity index (χ1v) is 6.15. The summed E-state index contributed by atoms with van der Waals surface area (Å²) in [5.74, 6) is 2.70. The Bertz CT molecular complexity index is 128. The van der Waals surface area contributed by atoms with Crippen molar-refractivity contribution in [3.8, 4) is 0 Å². The molecule has 2 fully saturated rings. The summed E-state index contributed by atoms with van der Waals surface area (Å²) in [4.78, 5) is 0. The first-order valence-electron chi connectivity index (χ1n) is 4.99. The average Bonchev–Trinajstić information content (AvgIpc) is 2.59. The van der Waals surface area contributed by atoms with Crippen molar-refractivity contribution in [2.24, 2.45) is 0 Å². The summed E-state index contributed by atoms with van der Waals surface area (Å²) >= 11 is 2.09. The van der Waals surface area contributed by atoms with Crippen molar-refractivity contribution < 1.29 is 0 Å². The van der Waals surface area contributed by atoms with Gasteiger partial charge in [-0.3, -0.25) is 0 Å².